The first kappa shape index (κ1) is 35.0. The molecule has 0 atom stereocenters. The van der Waals surface area contributed by atoms with Gasteiger partial charge in [0.05, 0.1) is 5.69 Å². The highest BCUT2D eigenvalue weighted by atomic mass is 32.1. The zero-order valence-corrected chi connectivity index (χ0v) is 27.1. The molecule has 0 radical (unpaired) electrons. The van der Waals surface area contributed by atoms with Crippen molar-refractivity contribution < 1.29 is 40.6 Å². The maximum absolute atomic E-state index is 14.5. The van der Waals surface area contributed by atoms with Gasteiger partial charge in [-0.25, -0.2) is 9.37 Å². The van der Waals surface area contributed by atoms with Crippen molar-refractivity contribution in [2.45, 2.75) is 51.7 Å². The van der Waals surface area contributed by atoms with Gasteiger partial charge in [0, 0.05) is 35.6 Å². The number of nitrogens with two attached hydrogens (primary N) is 1. The van der Waals surface area contributed by atoms with E-state index in [9.17, 15) is 26.7 Å². The second-order valence-electron chi connectivity index (χ2n) is 9.68. The Labute approximate surface area is 272 Å². The number of primary amides is 1. The molecular formula is C33H31F5N4O4S. The number of hydrogen-bond acceptors (Lipinski definition) is 7. The number of hydrogen-bond donors (Lipinski definition) is 2. The van der Waals surface area contributed by atoms with Crippen molar-refractivity contribution in [1.29, 1.82) is 0 Å². The van der Waals surface area contributed by atoms with Crippen LogP contribution in [0, 0.1) is 12.7 Å². The number of aromatic nitrogens is 3. The molecule has 5 aromatic rings. The minimum absolute atomic E-state index is 0.131. The maximum Gasteiger partial charge on any atom is 0.586 e. The summed E-state index contributed by atoms with van der Waals surface area (Å²) in [6.07, 6.45) is -3.84. The Bertz CT molecular complexity index is 1920. The summed E-state index contributed by atoms with van der Waals surface area (Å²) in [5.41, 5.74) is 6.28. The van der Waals surface area contributed by atoms with E-state index in [0.717, 1.165) is 10.7 Å². The van der Waals surface area contributed by atoms with E-state index >= 15 is 0 Å². The summed E-state index contributed by atoms with van der Waals surface area (Å²) >= 11 is 4.25. The average molecular weight is 675 g/mol. The van der Waals surface area contributed by atoms with Gasteiger partial charge in [0.25, 0.3) is 5.91 Å². The molecule has 0 unspecified atom stereocenters. The van der Waals surface area contributed by atoms with E-state index in [0.29, 0.717) is 32.7 Å². The van der Waals surface area contributed by atoms with Crippen molar-refractivity contribution in [3.8, 4) is 56.5 Å². The number of rotatable bonds is 6. The molecule has 8 nitrogen and oxygen atoms in total. The molecule has 0 fully saturated rings. The summed E-state index contributed by atoms with van der Waals surface area (Å²) in [5.74, 6) is -6.54. The normalized spacial score (nSPS) is 12.9. The number of ether oxygens (including phenoxy) is 2. The molecule has 0 saturated carbocycles. The lowest BCUT2D eigenvalue weighted by Crippen LogP contribution is -2.33. The van der Waals surface area contributed by atoms with Gasteiger partial charge in [-0.3, -0.25) is 9.48 Å². The molecule has 47 heavy (non-hydrogen) atoms. The fourth-order valence-corrected chi connectivity index (χ4v) is 5.04. The van der Waals surface area contributed by atoms with Crippen LogP contribution in [0.25, 0.3) is 45.0 Å². The number of thiol groups is 1. The molecule has 0 bridgehead atoms. The molecule has 1 aliphatic heterocycles. The largest absolute Gasteiger partial charge is 0.586 e. The van der Waals surface area contributed by atoms with E-state index in [1.807, 2.05) is 27.7 Å². The molecular weight excluding hydrogens is 643 g/mol. The Morgan fingerprint density at radius 1 is 0.894 bits per heavy atom. The maximum atomic E-state index is 14.5. The van der Waals surface area contributed by atoms with Crippen LogP contribution in [0.4, 0.5) is 22.0 Å². The Balaban J connectivity index is 0.00000120. The van der Waals surface area contributed by atoms with Crippen LogP contribution in [0.2, 0.25) is 0 Å². The van der Waals surface area contributed by atoms with Crippen LogP contribution in [0.5, 0.6) is 11.5 Å². The van der Waals surface area contributed by atoms with Crippen molar-refractivity contribution in [2.24, 2.45) is 12.8 Å². The monoisotopic (exact) mass is 674 g/mol. The molecule has 3 aromatic carbocycles. The van der Waals surface area contributed by atoms with Gasteiger partial charge in [-0.1, -0.05) is 39.8 Å². The van der Waals surface area contributed by atoms with Crippen molar-refractivity contribution in [3.63, 3.8) is 0 Å². The van der Waals surface area contributed by atoms with E-state index in [-0.39, 0.29) is 34.5 Å². The summed E-state index contributed by atoms with van der Waals surface area (Å²) < 4.78 is 87.0. The van der Waals surface area contributed by atoms with E-state index < -0.39 is 29.6 Å². The van der Waals surface area contributed by atoms with Crippen LogP contribution >= 0.6 is 12.6 Å². The Kier molecular flexibility index (Phi) is 10.0. The van der Waals surface area contributed by atoms with Crippen LogP contribution in [0.15, 0.2) is 70.0 Å². The van der Waals surface area contributed by atoms with Crippen LogP contribution < -0.4 is 15.2 Å². The van der Waals surface area contributed by atoms with Crippen molar-refractivity contribution in [1.82, 2.24) is 14.8 Å². The molecule has 248 valence electrons. The van der Waals surface area contributed by atoms with E-state index in [2.05, 4.69) is 32.2 Å². The van der Waals surface area contributed by atoms with Crippen molar-refractivity contribution in [2.75, 3.05) is 0 Å². The first-order valence-electron chi connectivity index (χ1n) is 14.5. The van der Waals surface area contributed by atoms with E-state index in [4.69, 9.17) is 10.2 Å². The second-order valence-corrected chi connectivity index (χ2v) is 10.2. The molecule has 1 aliphatic rings. The quantitative estimate of drug-likeness (QED) is 0.138. The van der Waals surface area contributed by atoms with Gasteiger partial charge >= 0.3 is 12.2 Å². The van der Waals surface area contributed by atoms with Crippen LogP contribution in [0.1, 0.15) is 39.3 Å². The third kappa shape index (κ3) is 6.97. The van der Waals surface area contributed by atoms with Gasteiger partial charge in [-0.2, -0.15) is 13.9 Å². The fourth-order valence-electron chi connectivity index (χ4n) is 4.78. The fraction of sp³-hybridized carbons (Fsp3) is 0.242. The topological polar surface area (TPSA) is 105 Å². The van der Waals surface area contributed by atoms with Gasteiger partial charge in [0.1, 0.15) is 17.2 Å². The number of nitrogens with zero attached hydrogens (tertiary/aromatic N) is 3. The Morgan fingerprint density at radius 2 is 1.55 bits per heavy atom. The minimum atomic E-state index is -4.05. The van der Waals surface area contributed by atoms with Gasteiger partial charge in [0.2, 0.25) is 0 Å². The van der Waals surface area contributed by atoms with Gasteiger partial charge < -0.3 is 19.6 Å². The highest BCUT2D eigenvalue weighted by Gasteiger charge is 2.44. The second kappa shape index (κ2) is 13.5. The summed E-state index contributed by atoms with van der Waals surface area (Å²) in [7, 11) is 1.40. The van der Waals surface area contributed by atoms with Gasteiger partial charge in [0.15, 0.2) is 23.1 Å². The Hall–Kier alpha value is -4.85. The number of aryl methyl sites for hydroxylation is 2. The molecule has 2 aromatic heterocycles. The van der Waals surface area contributed by atoms with E-state index in [1.54, 1.807) is 31.2 Å². The third-order valence-electron chi connectivity index (χ3n) is 6.68. The lowest BCUT2D eigenvalue weighted by Gasteiger charge is -2.13. The average Bonchev–Trinajstić information content (AvgIpc) is 3.70. The van der Waals surface area contributed by atoms with Crippen molar-refractivity contribution >= 4 is 18.5 Å². The SMILES string of the molecule is CC.CC.Cc1nc(-c2ccc3c(c2)OC(F)(F)O3)c(-c2cc(-c3cc(F)cc(S)c3)ccc2-c2cc(C(F)(F)C(N)=O)nn2C)o1. The van der Waals surface area contributed by atoms with Crippen LogP contribution in [-0.2, 0) is 17.8 Å². The number of carbonyl (C=O) groups is 1. The zero-order valence-electron chi connectivity index (χ0n) is 26.2. The summed E-state index contributed by atoms with van der Waals surface area (Å²) in [5, 5.41) is 3.82. The molecule has 0 aliphatic carbocycles. The van der Waals surface area contributed by atoms with Gasteiger partial charge in [-0.05, 0) is 59.7 Å². The van der Waals surface area contributed by atoms with Crippen molar-refractivity contribution in [3.05, 3.63) is 78.1 Å². The van der Waals surface area contributed by atoms with Gasteiger partial charge in [-0.15, -0.1) is 21.4 Å². The van der Waals surface area contributed by atoms with Crippen LogP contribution in [-0.4, -0.2) is 27.0 Å². The summed E-state index contributed by atoms with van der Waals surface area (Å²) in [6.45, 7) is 9.56. The number of alkyl halides is 4. The predicted molar refractivity (Wildman–Crippen MR) is 169 cm³/mol. The molecule has 0 spiro atoms. The molecule has 6 rings (SSSR count). The highest BCUT2D eigenvalue weighted by Crippen LogP contribution is 2.46. The number of halogens is 5. The van der Waals surface area contributed by atoms with E-state index in [1.165, 1.54) is 37.4 Å². The number of amides is 1. The number of carbonyl (C=O) groups excluding carboxylic acids is 1. The third-order valence-corrected chi connectivity index (χ3v) is 6.93. The molecule has 2 N–H and O–H groups in total. The lowest BCUT2D eigenvalue weighted by atomic mass is 9.94. The smallest absolute Gasteiger partial charge is 0.440 e. The molecule has 1 amide bonds. The first-order valence-corrected chi connectivity index (χ1v) is 14.9. The zero-order chi connectivity index (χ0) is 34.8. The first-order chi connectivity index (χ1) is 22.2. The lowest BCUT2D eigenvalue weighted by molar-refractivity contribution is -0.286. The molecule has 14 heteroatoms. The summed E-state index contributed by atoms with van der Waals surface area (Å²) in [6, 6.07) is 14.1. The standard InChI is InChI=1S/C29H19F5N4O4S.2C2H6/c1-13-36-25(15-4-6-22-23(10-15)42-29(33,34)41-22)26(40-13)20-9-14(16-7-17(30)11-18(43)8-16)3-5-19(20)21-12-24(37-38(21)2)28(31,32)27(35)39;2*1-2/h3-12,43H,1-2H3,(H2,35,39);2*1-2H3. The minimum Gasteiger partial charge on any atom is -0.440 e. The molecule has 3 heterocycles. The molecule has 0 saturated heterocycles. The summed E-state index contributed by atoms with van der Waals surface area (Å²) in [4.78, 5) is 16.3. The van der Waals surface area contributed by atoms with Crippen LogP contribution in [0.3, 0.4) is 0 Å². The Morgan fingerprint density at radius 3 is 2.21 bits per heavy atom. The number of benzene rings is 3. The highest BCUT2D eigenvalue weighted by molar-refractivity contribution is 7.80. The predicted octanol–water partition coefficient (Wildman–Crippen LogP) is 8.76. The number of fused-ring (bicyclic) bond motifs is 1. The number of oxazole rings is 1.